The Bertz CT molecular complexity index is 676. The number of benzene rings is 2. The van der Waals surface area contributed by atoms with E-state index in [1.54, 1.807) is 18.2 Å². The smallest absolute Gasteiger partial charge is 0.314 e. The minimum atomic E-state index is -0.682. The summed E-state index contributed by atoms with van der Waals surface area (Å²) in [5.41, 5.74) is 4.36. The van der Waals surface area contributed by atoms with E-state index < -0.39 is 11.8 Å². The van der Waals surface area contributed by atoms with Crippen LogP contribution in [-0.4, -0.2) is 11.8 Å². The zero-order valence-electron chi connectivity index (χ0n) is 12.4. The predicted molar refractivity (Wildman–Crippen MR) is 84.4 cm³/mol. The van der Waals surface area contributed by atoms with Crippen LogP contribution in [-0.2, 0) is 9.59 Å². The van der Waals surface area contributed by atoms with Crippen molar-refractivity contribution in [3.63, 3.8) is 0 Å². The molecule has 0 atom stereocenters. The number of hydrogen-bond acceptors (Lipinski definition) is 2. The Morgan fingerprint density at radius 2 is 1.33 bits per heavy atom. The fourth-order valence-corrected chi connectivity index (χ4v) is 1.96. The molecular formula is C17H18N2O2. The first-order valence-electron chi connectivity index (χ1n) is 6.72. The molecule has 2 aromatic rings. The van der Waals surface area contributed by atoms with Gasteiger partial charge in [-0.25, -0.2) is 0 Å². The Balaban J connectivity index is 2.02. The molecule has 0 aromatic heterocycles. The molecule has 0 unspecified atom stereocenters. The van der Waals surface area contributed by atoms with E-state index in [0.29, 0.717) is 11.4 Å². The highest BCUT2D eigenvalue weighted by molar-refractivity contribution is 6.43. The number of aryl methyl sites for hydroxylation is 3. The lowest BCUT2D eigenvalue weighted by Gasteiger charge is -2.09. The Morgan fingerprint density at radius 1 is 0.762 bits per heavy atom. The van der Waals surface area contributed by atoms with Crippen LogP contribution in [0.4, 0.5) is 11.4 Å². The molecule has 2 amide bonds. The lowest BCUT2D eigenvalue weighted by atomic mass is 10.1. The van der Waals surface area contributed by atoms with Gasteiger partial charge in [-0.05, 0) is 44.5 Å². The monoisotopic (exact) mass is 282 g/mol. The van der Waals surface area contributed by atoms with Gasteiger partial charge in [-0.3, -0.25) is 9.59 Å². The van der Waals surface area contributed by atoms with E-state index >= 15 is 0 Å². The van der Waals surface area contributed by atoms with Crippen molar-refractivity contribution >= 4 is 23.2 Å². The second kappa shape index (κ2) is 6.22. The van der Waals surface area contributed by atoms with Gasteiger partial charge in [0.15, 0.2) is 0 Å². The van der Waals surface area contributed by atoms with E-state index in [4.69, 9.17) is 0 Å². The predicted octanol–water partition coefficient (Wildman–Crippen LogP) is 3.19. The van der Waals surface area contributed by atoms with Crippen molar-refractivity contribution in [1.29, 1.82) is 0 Å². The normalized spacial score (nSPS) is 10.0. The van der Waals surface area contributed by atoms with Crippen molar-refractivity contribution in [2.75, 3.05) is 10.6 Å². The Hall–Kier alpha value is -2.62. The van der Waals surface area contributed by atoms with E-state index in [-0.39, 0.29) is 0 Å². The van der Waals surface area contributed by atoms with Crippen LogP contribution in [0.5, 0.6) is 0 Å². The largest absolute Gasteiger partial charge is 0.318 e. The third-order valence-corrected chi connectivity index (χ3v) is 3.15. The molecule has 2 aromatic carbocycles. The lowest BCUT2D eigenvalue weighted by Crippen LogP contribution is -2.29. The second-order valence-corrected chi connectivity index (χ2v) is 5.09. The van der Waals surface area contributed by atoms with Gasteiger partial charge < -0.3 is 10.6 Å². The highest BCUT2D eigenvalue weighted by Gasteiger charge is 2.14. The molecule has 108 valence electrons. The maximum atomic E-state index is 11.9. The number of nitrogens with one attached hydrogen (secondary N) is 2. The van der Waals surface area contributed by atoms with Crippen molar-refractivity contribution in [2.24, 2.45) is 0 Å². The van der Waals surface area contributed by atoms with E-state index in [1.807, 2.05) is 45.0 Å². The summed E-state index contributed by atoms with van der Waals surface area (Å²) in [7, 11) is 0. The molecular weight excluding hydrogens is 264 g/mol. The molecule has 2 N–H and O–H groups in total. The summed E-state index contributed by atoms with van der Waals surface area (Å²) in [5.74, 6) is -1.36. The molecule has 0 aliphatic rings. The maximum absolute atomic E-state index is 11.9. The van der Waals surface area contributed by atoms with Crippen LogP contribution in [0, 0.1) is 20.8 Å². The summed E-state index contributed by atoms with van der Waals surface area (Å²) in [6.07, 6.45) is 0. The van der Waals surface area contributed by atoms with E-state index in [0.717, 1.165) is 16.7 Å². The Kier molecular flexibility index (Phi) is 4.38. The van der Waals surface area contributed by atoms with Crippen LogP contribution in [0.3, 0.4) is 0 Å². The summed E-state index contributed by atoms with van der Waals surface area (Å²) in [6, 6.07) is 12.9. The number of hydrogen-bond donors (Lipinski definition) is 2. The average molecular weight is 282 g/mol. The molecule has 0 aliphatic carbocycles. The van der Waals surface area contributed by atoms with Crippen LogP contribution >= 0.6 is 0 Å². The molecule has 21 heavy (non-hydrogen) atoms. The molecule has 4 nitrogen and oxygen atoms in total. The lowest BCUT2D eigenvalue weighted by molar-refractivity contribution is -0.133. The Labute approximate surface area is 124 Å². The number of amides is 2. The molecule has 0 saturated carbocycles. The average Bonchev–Trinajstić information content (AvgIpc) is 2.44. The van der Waals surface area contributed by atoms with E-state index in [9.17, 15) is 9.59 Å². The summed E-state index contributed by atoms with van der Waals surface area (Å²) >= 11 is 0. The number of rotatable bonds is 2. The van der Waals surface area contributed by atoms with Crippen LogP contribution < -0.4 is 10.6 Å². The minimum absolute atomic E-state index is 0.598. The molecule has 4 heteroatoms. The Morgan fingerprint density at radius 3 is 1.95 bits per heavy atom. The van der Waals surface area contributed by atoms with Gasteiger partial charge in [0.05, 0.1) is 0 Å². The second-order valence-electron chi connectivity index (χ2n) is 5.09. The van der Waals surface area contributed by atoms with Crippen LogP contribution in [0.2, 0.25) is 0 Å². The van der Waals surface area contributed by atoms with Crippen LogP contribution in [0.1, 0.15) is 16.7 Å². The molecule has 0 heterocycles. The quantitative estimate of drug-likeness (QED) is 0.831. The van der Waals surface area contributed by atoms with Crippen LogP contribution in [0.25, 0.3) is 0 Å². The van der Waals surface area contributed by atoms with Crippen LogP contribution in [0.15, 0.2) is 42.5 Å². The van der Waals surface area contributed by atoms with Gasteiger partial charge in [0.25, 0.3) is 0 Å². The summed E-state index contributed by atoms with van der Waals surface area (Å²) < 4.78 is 0. The summed E-state index contributed by atoms with van der Waals surface area (Å²) in [4.78, 5) is 23.8. The first-order valence-corrected chi connectivity index (χ1v) is 6.72. The molecule has 0 aliphatic heterocycles. The standard InChI is InChI=1S/C17H18N2O2/c1-11-4-7-14(8-5-11)18-16(20)17(21)19-15-9-6-12(2)10-13(15)3/h4-10H,1-3H3,(H,18,20)(H,19,21). The van der Waals surface area contributed by atoms with Gasteiger partial charge in [-0.2, -0.15) is 0 Å². The zero-order chi connectivity index (χ0) is 15.4. The summed E-state index contributed by atoms with van der Waals surface area (Å²) in [5, 5.41) is 5.19. The van der Waals surface area contributed by atoms with Crippen molar-refractivity contribution in [3.05, 3.63) is 59.2 Å². The fraction of sp³-hybridized carbons (Fsp3) is 0.176. The topological polar surface area (TPSA) is 58.2 Å². The molecule has 0 bridgehead atoms. The number of carbonyl (C=O) groups is 2. The minimum Gasteiger partial charge on any atom is -0.318 e. The first-order chi connectivity index (χ1) is 9.95. The third kappa shape index (κ3) is 3.92. The summed E-state index contributed by atoms with van der Waals surface area (Å²) in [6.45, 7) is 5.82. The SMILES string of the molecule is Cc1ccc(NC(=O)C(=O)Nc2ccc(C)cc2C)cc1. The first kappa shape index (κ1) is 14.8. The van der Waals surface area contributed by atoms with Gasteiger partial charge >= 0.3 is 11.8 Å². The van der Waals surface area contributed by atoms with Gasteiger partial charge in [-0.1, -0.05) is 35.4 Å². The zero-order valence-corrected chi connectivity index (χ0v) is 12.4. The maximum Gasteiger partial charge on any atom is 0.314 e. The van der Waals surface area contributed by atoms with Crippen molar-refractivity contribution in [2.45, 2.75) is 20.8 Å². The van der Waals surface area contributed by atoms with E-state index in [2.05, 4.69) is 10.6 Å². The number of anilines is 2. The van der Waals surface area contributed by atoms with Gasteiger partial charge in [-0.15, -0.1) is 0 Å². The van der Waals surface area contributed by atoms with E-state index in [1.165, 1.54) is 0 Å². The van der Waals surface area contributed by atoms with Crippen molar-refractivity contribution < 1.29 is 9.59 Å². The number of carbonyl (C=O) groups excluding carboxylic acids is 2. The molecule has 0 saturated heterocycles. The van der Waals surface area contributed by atoms with Gasteiger partial charge in [0.2, 0.25) is 0 Å². The van der Waals surface area contributed by atoms with Crippen molar-refractivity contribution in [3.8, 4) is 0 Å². The van der Waals surface area contributed by atoms with Gasteiger partial charge in [0, 0.05) is 11.4 Å². The fourth-order valence-electron chi connectivity index (χ4n) is 1.96. The molecule has 0 radical (unpaired) electrons. The molecule has 0 spiro atoms. The third-order valence-electron chi connectivity index (χ3n) is 3.15. The van der Waals surface area contributed by atoms with Gasteiger partial charge in [0.1, 0.15) is 0 Å². The molecule has 0 fully saturated rings. The highest BCUT2D eigenvalue weighted by atomic mass is 16.2. The highest BCUT2D eigenvalue weighted by Crippen LogP contribution is 2.16. The molecule has 2 rings (SSSR count). The van der Waals surface area contributed by atoms with Crippen molar-refractivity contribution in [1.82, 2.24) is 0 Å².